The molecule has 4 heteroatoms. The van der Waals surface area contributed by atoms with Crippen molar-refractivity contribution < 1.29 is 18.9 Å². The van der Waals surface area contributed by atoms with Crippen molar-refractivity contribution in [2.75, 3.05) is 13.7 Å². The molecule has 1 aromatic rings. The molecular weight excluding hydrogens is 316 g/mol. The van der Waals surface area contributed by atoms with Crippen LogP contribution in [0.2, 0.25) is 0 Å². The first kappa shape index (κ1) is 18.1. The highest BCUT2D eigenvalue weighted by atomic mass is 16.7. The fourth-order valence-electron chi connectivity index (χ4n) is 3.80. The molecule has 0 spiro atoms. The second-order valence-corrected chi connectivity index (χ2v) is 7.62. The molecule has 3 rings (SSSR count). The standard InChI is InChI=1S/C21H30O4/c1-14(2)19-10-5-15(3)11-20(19)23-12-18-13-24-21(25-18)16-6-8-17(22-4)9-7-16/h6-9,13-15,19-21H,5,10-12H2,1-4H3. The number of hydrogen-bond acceptors (Lipinski definition) is 4. The Morgan fingerprint density at radius 1 is 1.16 bits per heavy atom. The van der Waals surface area contributed by atoms with Gasteiger partial charge in [-0.05, 0) is 54.9 Å². The van der Waals surface area contributed by atoms with Gasteiger partial charge in [-0.25, -0.2) is 0 Å². The smallest absolute Gasteiger partial charge is 0.266 e. The molecule has 1 heterocycles. The van der Waals surface area contributed by atoms with E-state index in [0.717, 1.165) is 29.4 Å². The monoisotopic (exact) mass is 346 g/mol. The van der Waals surface area contributed by atoms with E-state index in [1.165, 1.54) is 12.8 Å². The lowest BCUT2D eigenvalue weighted by Crippen LogP contribution is -2.34. The van der Waals surface area contributed by atoms with E-state index in [1.54, 1.807) is 13.4 Å². The molecule has 138 valence electrons. The molecule has 1 aliphatic heterocycles. The maximum absolute atomic E-state index is 6.24. The SMILES string of the molecule is COc1ccc(C2OC=C(COC3CC(C)CCC3C(C)C)O2)cc1. The molecule has 4 nitrogen and oxygen atoms in total. The first-order chi connectivity index (χ1) is 12.1. The third-order valence-electron chi connectivity index (χ3n) is 5.37. The first-order valence-corrected chi connectivity index (χ1v) is 9.33. The molecule has 1 fully saturated rings. The van der Waals surface area contributed by atoms with Crippen LogP contribution in [0, 0.1) is 17.8 Å². The molecule has 1 saturated carbocycles. The molecule has 4 atom stereocenters. The van der Waals surface area contributed by atoms with Gasteiger partial charge in [0.05, 0.1) is 13.2 Å². The van der Waals surface area contributed by atoms with E-state index in [1.807, 2.05) is 24.3 Å². The summed E-state index contributed by atoms with van der Waals surface area (Å²) in [5, 5.41) is 0. The number of methoxy groups -OCH3 is 1. The topological polar surface area (TPSA) is 36.9 Å². The van der Waals surface area contributed by atoms with E-state index in [-0.39, 0.29) is 0 Å². The number of hydrogen-bond donors (Lipinski definition) is 0. The van der Waals surface area contributed by atoms with Crippen LogP contribution >= 0.6 is 0 Å². The summed E-state index contributed by atoms with van der Waals surface area (Å²) >= 11 is 0. The van der Waals surface area contributed by atoms with Gasteiger partial charge >= 0.3 is 0 Å². The van der Waals surface area contributed by atoms with Crippen molar-refractivity contribution in [1.82, 2.24) is 0 Å². The minimum Gasteiger partial charge on any atom is -0.497 e. The quantitative estimate of drug-likeness (QED) is 0.721. The van der Waals surface area contributed by atoms with Crippen LogP contribution in [0.4, 0.5) is 0 Å². The van der Waals surface area contributed by atoms with Crippen molar-refractivity contribution in [3.05, 3.63) is 41.9 Å². The second kappa shape index (κ2) is 8.13. The number of rotatable bonds is 6. The largest absolute Gasteiger partial charge is 0.497 e. The Bertz CT molecular complexity index is 578. The summed E-state index contributed by atoms with van der Waals surface area (Å²) < 4.78 is 23.0. The van der Waals surface area contributed by atoms with Gasteiger partial charge in [0.1, 0.15) is 18.6 Å². The lowest BCUT2D eigenvalue weighted by molar-refractivity contribution is -0.0674. The van der Waals surface area contributed by atoms with Crippen LogP contribution < -0.4 is 4.74 Å². The Kier molecular flexibility index (Phi) is 5.89. The summed E-state index contributed by atoms with van der Waals surface area (Å²) in [6.45, 7) is 7.39. The summed E-state index contributed by atoms with van der Waals surface area (Å²) in [6, 6.07) is 7.73. The van der Waals surface area contributed by atoms with Crippen LogP contribution in [0.25, 0.3) is 0 Å². The average molecular weight is 346 g/mol. The van der Waals surface area contributed by atoms with Crippen LogP contribution in [-0.4, -0.2) is 19.8 Å². The first-order valence-electron chi connectivity index (χ1n) is 9.33. The molecule has 0 saturated heterocycles. The van der Waals surface area contributed by atoms with Crippen molar-refractivity contribution in [3.63, 3.8) is 0 Å². The third kappa shape index (κ3) is 4.49. The lowest BCUT2D eigenvalue weighted by Gasteiger charge is -2.37. The fraction of sp³-hybridized carbons (Fsp3) is 0.619. The van der Waals surface area contributed by atoms with Gasteiger partial charge in [-0.3, -0.25) is 0 Å². The average Bonchev–Trinajstić information content (AvgIpc) is 3.09. The van der Waals surface area contributed by atoms with E-state index < -0.39 is 6.29 Å². The molecular formula is C21H30O4. The van der Waals surface area contributed by atoms with Crippen LogP contribution in [0.1, 0.15) is 51.9 Å². The van der Waals surface area contributed by atoms with Crippen molar-refractivity contribution in [2.45, 2.75) is 52.4 Å². The van der Waals surface area contributed by atoms with Crippen LogP contribution in [0.3, 0.4) is 0 Å². The maximum Gasteiger partial charge on any atom is 0.266 e. The molecule has 1 aromatic carbocycles. The summed E-state index contributed by atoms with van der Waals surface area (Å²) in [6.07, 6.45) is 5.31. The zero-order valence-corrected chi connectivity index (χ0v) is 15.7. The van der Waals surface area contributed by atoms with E-state index in [4.69, 9.17) is 18.9 Å². The Labute approximate surface area is 151 Å². The normalized spacial score (nSPS) is 29.1. The van der Waals surface area contributed by atoms with Gasteiger partial charge in [-0.1, -0.05) is 27.2 Å². The summed E-state index contributed by atoms with van der Waals surface area (Å²) in [7, 11) is 1.66. The van der Waals surface area contributed by atoms with Crippen molar-refractivity contribution in [2.24, 2.45) is 17.8 Å². The van der Waals surface area contributed by atoms with Crippen LogP contribution in [0.5, 0.6) is 5.75 Å². The van der Waals surface area contributed by atoms with Crippen LogP contribution in [-0.2, 0) is 14.2 Å². The fourth-order valence-corrected chi connectivity index (χ4v) is 3.80. The van der Waals surface area contributed by atoms with Gasteiger partial charge < -0.3 is 18.9 Å². The Hall–Kier alpha value is -1.68. The van der Waals surface area contributed by atoms with Crippen LogP contribution in [0.15, 0.2) is 36.3 Å². The zero-order chi connectivity index (χ0) is 17.8. The molecule has 0 N–H and O–H groups in total. The third-order valence-corrected chi connectivity index (χ3v) is 5.37. The van der Waals surface area contributed by atoms with Crippen molar-refractivity contribution in [3.8, 4) is 5.75 Å². The molecule has 0 bridgehead atoms. The molecule has 25 heavy (non-hydrogen) atoms. The van der Waals surface area contributed by atoms with Gasteiger partial charge in [-0.15, -0.1) is 0 Å². The highest BCUT2D eigenvalue weighted by molar-refractivity contribution is 5.28. The van der Waals surface area contributed by atoms with Crippen molar-refractivity contribution >= 4 is 0 Å². The summed E-state index contributed by atoms with van der Waals surface area (Å²) in [5.74, 6) is 3.61. The summed E-state index contributed by atoms with van der Waals surface area (Å²) in [4.78, 5) is 0. The number of ether oxygens (including phenoxy) is 4. The molecule has 2 aliphatic rings. The van der Waals surface area contributed by atoms with Gasteiger partial charge in [0.2, 0.25) is 0 Å². The molecule has 0 radical (unpaired) electrons. The molecule has 0 aromatic heterocycles. The zero-order valence-electron chi connectivity index (χ0n) is 15.7. The molecule has 4 unspecified atom stereocenters. The summed E-state index contributed by atoms with van der Waals surface area (Å²) in [5.41, 5.74) is 0.971. The van der Waals surface area contributed by atoms with E-state index in [0.29, 0.717) is 24.5 Å². The number of benzene rings is 1. The minimum atomic E-state index is -0.393. The predicted octanol–water partition coefficient (Wildman–Crippen LogP) is 5.06. The lowest BCUT2D eigenvalue weighted by atomic mass is 9.75. The van der Waals surface area contributed by atoms with Gasteiger partial charge in [0.15, 0.2) is 5.76 Å². The predicted molar refractivity (Wildman–Crippen MR) is 97.1 cm³/mol. The van der Waals surface area contributed by atoms with E-state index in [9.17, 15) is 0 Å². The van der Waals surface area contributed by atoms with Gasteiger partial charge in [0, 0.05) is 5.56 Å². The maximum atomic E-state index is 6.24. The molecule has 1 aliphatic carbocycles. The molecule has 0 amide bonds. The Morgan fingerprint density at radius 3 is 2.60 bits per heavy atom. The van der Waals surface area contributed by atoms with Gasteiger partial charge in [0.25, 0.3) is 6.29 Å². The minimum absolute atomic E-state index is 0.313. The van der Waals surface area contributed by atoms with Gasteiger partial charge in [-0.2, -0.15) is 0 Å². The highest BCUT2D eigenvalue weighted by Gasteiger charge is 2.32. The van der Waals surface area contributed by atoms with E-state index >= 15 is 0 Å². The Balaban J connectivity index is 1.52. The second-order valence-electron chi connectivity index (χ2n) is 7.62. The van der Waals surface area contributed by atoms with E-state index in [2.05, 4.69) is 20.8 Å². The Morgan fingerprint density at radius 2 is 1.92 bits per heavy atom. The van der Waals surface area contributed by atoms with Crippen molar-refractivity contribution in [1.29, 1.82) is 0 Å². The highest BCUT2D eigenvalue weighted by Crippen LogP contribution is 2.36.